The van der Waals surface area contributed by atoms with Gasteiger partial charge in [0.05, 0.1) is 6.42 Å². The second kappa shape index (κ2) is 4.25. The van der Waals surface area contributed by atoms with Crippen LogP contribution in [0.1, 0.15) is 25.7 Å². The fourth-order valence-electron chi connectivity index (χ4n) is 1.74. The second-order valence-electron chi connectivity index (χ2n) is 4.09. The molecule has 0 bridgehead atoms. The third kappa shape index (κ3) is 3.11. The Morgan fingerprint density at radius 2 is 2.00 bits per heavy atom. The number of hydrogen-bond acceptors (Lipinski definition) is 1. The quantitative estimate of drug-likeness (QED) is 0.726. The van der Waals surface area contributed by atoms with E-state index in [1.807, 2.05) is 0 Å². The second-order valence-corrected chi connectivity index (χ2v) is 5.25. The number of aliphatic hydroxyl groups excluding tert-OH is 1. The van der Waals surface area contributed by atoms with Gasteiger partial charge in [0, 0.05) is 0 Å². The lowest BCUT2D eigenvalue weighted by atomic mass is 10.0. The summed E-state index contributed by atoms with van der Waals surface area (Å²) in [4.78, 5) is 0. The highest BCUT2D eigenvalue weighted by Crippen LogP contribution is 2.41. The summed E-state index contributed by atoms with van der Waals surface area (Å²) in [7, 11) is 0.563. The molecule has 16 heavy (non-hydrogen) atoms. The molecule has 1 N–H and O–H groups in total. The van der Waals surface area contributed by atoms with Crippen LogP contribution >= 0.6 is 8.20 Å². The van der Waals surface area contributed by atoms with Gasteiger partial charge in [0.25, 0.3) is 0 Å². The molecule has 0 spiro atoms. The van der Waals surface area contributed by atoms with Gasteiger partial charge >= 0.3 is 6.18 Å². The highest BCUT2D eigenvalue weighted by molar-refractivity contribution is 7.45. The van der Waals surface area contributed by atoms with E-state index in [1.165, 1.54) is 0 Å². The van der Waals surface area contributed by atoms with Crippen LogP contribution in [-0.2, 0) is 0 Å². The van der Waals surface area contributed by atoms with Crippen molar-refractivity contribution in [3.05, 3.63) is 23.2 Å². The topological polar surface area (TPSA) is 20.2 Å². The van der Waals surface area contributed by atoms with Gasteiger partial charge in [0.15, 0.2) is 0 Å². The first-order chi connectivity index (χ1) is 7.46. The van der Waals surface area contributed by atoms with E-state index in [-0.39, 0.29) is 11.4 Å². The largest absolute Gasteiger partial charge is 0.504 e. The van der Waals surface area contributed by atoms with E-state index in [1.54, 1.807) is 12.2 Å². The van der Waals surface area contributed by atoms with E-state index in [0.717, 1.165) is 18.1 Å². The molecule has 0 aromatic carbocycles. The molecule has 1 heterocycles. The third-order valence-corrected chi connectivity index (χ3v) is 3.89. The molecule has 0 saturated heterocycles. The predicted molar refractivity (Wildman–Crippen MR) is 58.7 cm³/mol. The maximum absolute atomic E-state index is 12.4. The van der Waals surface area contributed by atoms with Crippen LogP contribution in [0.4, 0.5) is 13.2 Å². The van der Waals surface area contributed by atoms with Gasteiger partial charge in [-0.15, -0.1) is 0 Å². The van der Waals surface area contributed by atoms with Gasteiger partial charge in [-0.1, -0.05) is 6.08 Å². The minimum absolute atomic E-state index is 0.176. The lowest BCUT2D eigenvalue weighted by Gasteiger charge is -2.12. The molecule has 5 heteroatoms. The molecule has 0 aromatic rings. The molecular formula is C11H12F3OP. The molecule has 0 aromatic heterocycles. The zero-order valence-electron chi connectivity index (χ0n) is 8.59. The number of hydrogen-bond donors (Lipinski definition) is 1. The van der Waals surface area contributed by atoms with Crippen LogP contribution in [0.5, 0.6) is 0 Å². The highest BCUT2D eigenvalue weighted by atomic mass is 31.1. The minimum Gasteiger partial charge on any atom is -0.504 e. The van der Waals surface area contributed by atoms with Gasteiger partial charge in [-0.2, -0.15) is 13.2 Å². The first-order valence-corrected chi connectivity index (χ1v) is 6.09. The van der Waals surface area contributed by atoms with Crippen molar-refractivity contribution in [1.82, 2.24) is 0 Å². The Kier molecular flexibility index (Phi) is 3.11. The van der Waals surface area contributed by atoms with Gasteiger partial charge in [-0.3, -0.25) is 0 Å². The van der Waals surface area contributed by atoms with Crippen molar-refractivity contribution in [2.75, 3.05) is 0 Å². The SMILES string of the molecule is OC1=CCC=C(CC(F)(F)F)C(C2CC2)=P1. The zero-order valence-corrected chi connectivity index (χ0v) is 9.48. The molecular weight excluding hydrogens is 236 g/mol. The van der Waals surface area contributed by atoms with Crippen molar-refractivity contribution < 1.29 is 18.3 Å². The van der Waals surface area contributed by atoms with Gasteiger partial charge < -0.3 is 5.11 Å². The molecule has 1 nitrogen and oxygen atoms in total. The third-order valence-electron chi connectivity index (χ3n) is 2.58. The first kappa shape index (κ1) is 11.7. The summed E-state index contributed by atoms with van der Waals surface area (Å²) in [6, 6.07) is 0. The van der Waals surface area contributed by atoms with Crippen LogP contribution < -0.4 is 0 Å². The molecule has 0 unspecified atom stereocenters. The molecule has 0 amide bonds. The van der Waals surface area contributed by atoms with E-state index < -0.39 is 12.6 Å². The maximum atomic E-state index is 12.4. The summed E-state index contributed by atoms with van der Waals surface area (Å²) in [6.45, 7) is 0. The normalized spacial score (nSPS) is 23.1. The Labute approximate surface area is 93.5 Å². The Morgan fingerprint density at radius 3 is 2.56 bits per heavy atom. The standard InChI is InChI=1S/C11H12F3OP/c12-11(13,14)6-8-2-1-3-9(15)16-10(8)7-4-5-7/h2-3,7,15H,1,4-6H2. The molecule has 2 aliphatic rings. The van der Waals surface area contributed by atoms with E-state index in [0.29, 0.717) is 20.2 Å². The molecule has 2 rings (SSSR count). The number of halogens is 3. The van der Waals surface area contributed by atoms with Crippen molar-refractivity contribution in [3.8, 4) is 0 Å². The summed E-state index contributed by atoms with van der Waals surface area (Å²) >= 11 is 0. The Morgan fingerprint density at radius 1 is 1.31 bits per heavy atom. The van der Waals surface area contributed by atoms with E-state index in [4.69, 9.17) is 0 Å². The van der Waals surface area contributed by atoms with Crippen molar-refractivity contribution in [2.24, 2.45) is 5.92 Å². The monoisotopic (exact) mass is 248 g/mol. The number of allylic oxidation sites excluding steroid dienone is 3. The van der Waals surface area contributed by atoms with Crippen LogP contribution in [0.25, 0.3) is 0 Å². The maximum Gasteiger partial charge on any atom is 0.393 e. The van der Waals surface area contributed by atoms with Crippen LogP contribution in [0.3, 0.4) is 0 Å². The summed E-state index contributed by atoms with van der Waals surface area (Å²) in [5.74, 6) is 0.254. The fraction of sp³-hybridized carbons (Fsp3) is 0.545. The summed E-state index contributed by atoms with van der Waals surface area (Å²) < 4.78 is 37.2. The molecule has 1 aliphatic carbocycles. The summed E-state index contributed by atoms with van der Waals surface area (Å²) in [5, 5.41) is 10.2. The summed E-state index contributed by atoms with van der Waals surface area (Å²) in [6.07, 6.45) is 0.426. The zero-order chi connectivity index (χ0) is 11.8. The van der Waals surface area contributed by atoms with Crippen molar-refractivity contribution >= 4 is 13.5 Å². The molecule has 0 radical (unpaired) electrons. The molecule has 88 valence electrons. The molecule has 1 fully saturated rings. The van der Waals surface area contributed by atoms with Crippen LogP contribution in [0.15, 0.2) is 23.2 Å². The lowest BCUT2D eigenvalue weighted by molar-refractivity contribution is -0.126. The number of alkyl halides is 3. The highest BCUT2D eigenvalue weighted by Gasteiger charge is 2.35. The van der Waals surface area contributed by atoms with E-state index >= 15 is 0 Å². The Balaban J connectivity index is 2.22. The van der Waals surface area contributed by atoms with E-state index in [2.05, 4.69) is 0 Å². The van der Waals surface area contributed by atoms with Gasteiger partial charge in [0.1, 0.15) is 5.50 Å². The van der Waals surface area contributed by atoms with Crippen LogP contribution in [-0.4, -0.2) is 16.6 Å². The predicted octanol–water partition coefficient (Wildman–Crippen LogP) is 4.20. The van der Waals surface area contributed by atoms with Gasteiger partial charge in [0.2, 0.25) is 0 Å². The molecule has 1 aliphatic heterocycles. The first-order valence-electron chi connectivity index (χ1n) is 5.19. The average Bonchev–Trinajstić information content (AvgIpc) is 2.91. The van der Waals surface area contributed by atoms with Crippen LogP contribution in [0.2, 0.25) is 0 Å². The Bertz CT molecular complexity index is 375. The Hall–Kier alpha value is -0.760. The molecule has 1 saturated carbocycles. The van der Waals surface area contributed by atoms with E-state index in [9.17, 15) is 18.3 Å². The summed E-state index contributed by atoms with van der Waals surface area (Å²) in [5.41, 5.74) is 0.548. The van der Waals surface area contributed by atoms with Crippen LogP contribution in [0, 0.1) is 5.92 Å². The van der Waals surface area contributed by atoms with Gasteiger partial charge in [-0.25, -0.2) is 0 Å². The van der Waals surface area contributed by atoms with Crippen molar-refractivity contribution in [1.29, 1.82) is 0 Å². The van der Waals surface area contributed by atoms with Gasteiger partial charge in [-0.05, 0) is 50.3 Å². The lowest BCUT2D eigenvalue weighted by Crippen LogP contribution is -2.14. The molecule has 0 atom stereocenters. The fourth-order valence-corrected chi connectivity index (χ4v) is 2.94. The van der Waals surface area contributed by atoms with Crippen molar-refractivity contribution in [2.45, 2.75) is 31.9 Å². The smallest absolute Gasteiger partial charge is 0.393 e. The average molecular weight is 248 g/mol. The number of rotatable bonds is 2. The van der Waals surface area contributed by atoms with Crippen molar-refractivity contribution in [3.63, 3.8) is 0 Å². The minimum atomic E-state index is -4.17. The number of aliphatic hydroxyl groups is 1.